The maximum atomic E-state index is 4.19. The highest BCUT2D eigenvalue weighted by atomic mass is 14.9. The lowest BCUT2D eigenvalue weighted by Gasteiger charge is -2.23. The molecule has 0 heterocycles. The van der Waals surface area contributed by atoms with Crippen LogP contribution in [0, 0.1) is 12.8 Å². The van der Waals surface area contributed by atoms with Crippen molar-refractivity contribution in [2.45, 2.75) is 58.9 Å². The molecule has 0 amide bonds. The number of rotatable bonds is 8. The molecule has 1 nitrogen and oxygen atoms in total. The van der Waals surface area contributed by atoms with Crippen LogP contribution in [0.3, 0.4) is 0 Å². The molecular weight excluding hydrogens is 158 g/mol. The minimum atomic E-state index is 0.580. The predicted molar refractivity (Wildman–Crippen MR) is 60.7 cm³/mol. The first kappa shape index (κ1) is 13.0. The summed E-state index contributed by atoms with van der Waals surface area (Å²) in [6.45, 7) is 12.1. The summed E-state index contributed by atoms with van der Waals surface area (Å²) in [6.07, 6.45) is 6.28. The molecule has 0 aliphatic heterocycles. The van der Waals surface area contributed by atoms with Gasteiger partial charge in [0, 0.05) is 6.04 Å². The molecule has 13 heavy (non-hydrogen) atoms. The predicted octanol–water partition coefficient (Wildman–Crippen LogP) is 3.41. The van der Waals surface area contributed by atoms with E-state index in [-0.39, 0.29) is 0 Å². The van der Waals surface area contributed by atoms with Crippen LogP contribution in [0.15, 0.2) is 0 Å². The second-order valence-electron chi connectivity index (χ2n) is 3.87. The summed E-state index contributed by atoms with van der Waals surface area (Å²) >= 11 is 0. The lowest BCUT2D eigenvalue weighted by atomic mass is 9.95. The second-order valence-corrected chi connectivity index (χ2v) is 3.87. The Hall–Kier alpha value is -0.0400. The monoisotopic (exact) mass is 184 g/mol. The largest absolute Gasteiger partial charge is 0.314 e. The zero-order valence-corrected chi connectivity index (χ0v) is 9.60. The molecule has 1 heteroatoms. The van der Waals surface area contributed by atoms with Gasteiger partial charge >= 0.3 is 0 Å². The zero-order chi connectivity index (χ0) is 10.1. The minimum absolute atomic E-state index is 0.580. The van der Waals surface area contributed by atoms with E-state index in [2.05, 4.69) is 33.0 Å². The normalized spacial score (nSPS) is 15.7. The van der Waals surface area contributed by atoms with Crippen LogP contribution in [0.1, 0.15) is 52.9 Å². The molecule has 0 aliphatic carbocycles. The minimum Gasteiger partial charge on any atom is -0.314 e. The molecule has 79 valence electrons. The maximum absolute atomic E-state index is 4.19. The number of nitrogens with one attached hydrogen (secondary N) is 1. The van der Waals surface area contributed by atoms with Crippen molar-refractivity contribution in [1.29, 1.82) is 0 Å². The van der Waals surface area contributed by atoms with Gasteiger partial charge in [-0.15, -0.1) is 0 Å². The lowest BCUT2D eigenvalue weighted by Crippen LogP contribution is -2.35. The number of unbranched alkanes of at least 4 members (excludes halogenated alkanes) is 1. The van der Waals surface area contributed by atoms with E-state index in [1.807, 2.05) is 0 Å². The van der Waals surface area contributed by atoms with Crippen molar-refractivity contribution in [3.8, 4) is 0 Å². The van der Waals surface area contributed by atoms with Crippen LogP contribution in [0.4, 0.5) is 0 Å². The Morgan fingerprint density at radius 2 is 1.85 bits per heavy atom. The topological polar surface area (TPSA) is 12.0 Å². The fourth-order valence-corrected chi connectivity index (χ4v) is 1.56. The van der Waals surface area contributed by atoms with Gasteiger partial charge in [0.05, 0.1) is 0 Å². The lowest BCUT2D eigenvalue weighted by molar-refractivity contribution is 0.370. The molecule has 0 rings (SSSR count). The SMILES string of the molecule is [CH2]C(CC)C(CCC)NCCCC. The molecule has 2 atom stereocenters. The molecule has 0 fully saturated rings. The molecule has 1 N–H and O–H groups in total. The van der Waals surface area contributed by atoms with E-state index in [4.69, 9.17) is 0 Å². The van der Waals surface area contributed by atoms with E-state index < -0.39 is 0 Å². The summed E-state index contributed by atoms with van der Waals surface area (Å²) in [7, 11) is 0. The Balaban J connectivity index is 3.65. The van der Waals surface area contributed by atoms with Crippen molar-refractivity contribution in [1.82, 2.24) is 5.32 Å². The standard InChI is InChI=1S/C12H26N/c1-5-8-10-13-12(9-6-2)11(4)7-3/h11-13H,4-10H2,1-3H3. The average molecular weight is 184 g/mol. The maximum Gasteiger partial charge on any atom is 0.00951 e. The molecule has 0 saturated carbocycles. The third kappa shape index (κ3) is 6.09. The first-order chi connectivity index (χ1) is 6.26. The van der Waals surface area contributed by atoms with E-state index in [1.165, 1.54) is 32.1 Å². The molecule has 0 bridgehead atoms. The third-order valence-corrected chi connectivity index (χ3v) is 2.63. The molecule has 0 aliphatic rings. The van der Waals surface area contributed by atoms with Gasteiger partial charge in [-0.1, -0.05) is 40.0 Å². The summed E-state index contributed by atoms with van der Waals surface area (Å²) < 4.78 is 0. The van der Waals surface area contributed by atoms with Crippen molar-refractivity contribution in [2.24, 2.45) is 5.92 Å². The first-order valence-electron chi connectivity index (χ1n) is 5.82. The van der Waals surface area contributed by atoms with Gasteiger partial charge in [0.15, 0.2) is 0 Å². The van der Waals surface area contributed by atoms with E-state index in [9.17, 15) is 0 Å². The van der Waals surface area contributed by atoms with Crippen LogP contribution in [-0.4, -0.2) is 12.6 Å². The van der Waals surface area contributed by atoms with E-state index in [1.54, 1.807) is 0 Å². The van der Waals surface area contributed by atoms with Crippen molar-refractivity contribution in [2.75, 3.05) is 6.54 Å². The highest BCUT2D eigenvalue weighted by molar-refractivity contribution is 4.76. The van der Waals surface area contributed by atoms with Crippen LogP contribution in [0.2, 0.25) is 0 Å². The fourth-order valence-electron chi connectivity index (χ4n) is 1.56. The van der Waals surface area contributed by atoms with Crippen LogP contribution < -0.4 is 5.32 Å². The summed E-state index contributed by atoms with van der Waals surface area (Å²) in [6, 6.07) is 0.640. The summed E-state index contributed by atoms with van der Waals surface area (Å²) in [5.74, 6) is 0.580. The van der Waals surface area contributed by atoms with Crippen molar-refractivity contribution >= 4 is 0 Å². The molecule has 0 spiro atoms. The molecule has 2 unspecified atom stereocenters. The Morgan fingerprint density at radius 1 is 1.15 bits per heavy atom. The van der Waals surface area contributed by atoms with Gasteiger partial charge in [-0.3, -0.25) is 0 Å². The van der Waals surface area contributed by atoms with Crippen LogP contribution >= 0.6 is 0 Å². The van der Waals surface area contributed by atoms with E-state index >= 15 is 0 Å². The highest BCUT2D eigenvalue weighted by Crippen LogP contribution is 2.12. The summed E-state index contributed by atoms with van der Waals surface area (Å²) in [5, 5.41) is 3.61. The Morgan fingerprint density at radius 3 is 2.31 bits per heavy atom. The van der Waals surface area contributed by atoms with Crippen molar-refractivity contribution in [3.63, 3.8) is 0 Å². The van der Waals surface area contributed by atoms with Gasteiger partial charge in [-0.25, -0.2) is 0 Å². The van der Waals surface area contributed by atoms with Gasteiger partial charge in [-0.2, -0.15) is 0 Å². The van der Waals surface area contributed by atoms with E-state index in [0.717, 1.165) is 6.54 Å². The molecule has 0 saturated heterocycles. The highest BCUT2D eigenvalue weighted by Gasteiger charge is 2.13. The van der Waals surface area contributed by atoms with E-state index in [0.29, 0.717) is 12.0 Å². The fraction of sp³-hybridized carbons (Fsp3) is 0.917. The molecule has 0 aromatic rings. The van der Waals surface area contributed by atoms with Crippen molar-refractivity contribution < 1.29 is 0 Å². The van der Waals surface area contributed by atoms with Crippen LogP contribution in [0.5, 0.6) is 0 Å². The van der Waals surface area contributed by atoms with Gasteiger partial charge in [0.25, 0.3) is 0 Å². The molecule has 1 radical (unpaired) electrons. The Kier molecular flexibility index (Phi) is 8.53. The third-order valence-electron chi connectivity index (χ3n) is 2.63. The molecule has 0 aromatic carbocycles. The summed E-state index contributed by atoms with van der Waals surface area (Å²) in [5.41, 5.74) is 0. The number of hydrogen-bond donors (Lipinski definition) is 1. The molecular formula is C12H26N. The average Bonchev–Trinajstić information content (AvgIpc) is 2.16. The van der Waals surface area contributed by atoms with Gasteiger partial charge in [-0.05, 0) is 32.2 Å². The Bertz CT molecular complexity index is 101. The van der Waals surface area contributed by atoms with Crippen LogP contribution in [0.25, 0.3) is 0 Å². The van der Waals surface area contributed by atoms with Gasteiger partial charge in [0.2, 0.25) is 0 Å². The second kappa shape index (κ2) is 8.55. The molecule has 0 aromatic heterocycles. The number of hydrogen-bond acceptors (Lipinski definition) is 1. The van der Waals surface area contributed by atoms with Crippen LogP contribution in [-0.2, 0) is 0 Å². The van der Waals surface area contributed by atoms with Crippen molar-refractivity contribution in [3.05, 3.63) is 6.92 Å². The van der Waals surface area contributed by atoms with Gasteiger partial charge in [0.1, 0.15) is 0 Å². The summed E-state index contributed by atoms with van der Waals surface area (Å²) in [4.78, 5) is 0. The first-order valence-corrected chi connectivity index (χ1v) is 5.82. The quantitative estimate of drug-likeness (QED) is 0.570. The Labute approximate surface area is 84.3 Å². The smallest absolute Gasteiger partial charge is 0.00951 e. The zero-order valence-electron chi connectivity index (χ0n) is 9.60. The van der Waals surface area contributed by atoms with Gasteiger partial charge < -0.3 is 5.32 Å².